The number of ether oxygens (including phenoxy) is 1. The predicted octanol–water partition coefficient (Wildman–Crippen LogP) is 2.17. The molecular weight excluding hydrogens is 411 g/mol. The number of halogens is 4. The van der Waals surface area contributed by atoms with E-state index in [1.54, 1.807) is 6.92 Å². The van der Waals surface area contributed by atoms with E-state index in [0.717, 1.165) is 21.8 Å². The van der Waals surface area contributed by atoms with Gasteiger partial charge in [-0.25, -0.2) is 9.38 Å². The molecule has 0 bridgehead atoms. The monoisotopic (exact) mass is 421 g/mol. The fraction of sp³-hybridized carbons (Fsp3) is 0.286. The van der Waals surface area contributed by atoms with Gasteiger partial charge in [0.2, 0.25) is 10.0 Å². The zero-order chi connectivity index (χ0) is 19.9. The molecule has 0 saturated heterocycles. The van der Waals surface area contributed by atoms with Crippen LogP contribution in [0.1, 0.15) is 28.8 Å². The van der Waals surface area contributed by atoms with Crippen LogP contribution in [0.15, 0.2) is 16.9 Å². The molecule has 3 aromatic heterocycles. The Morgan fingerprint density at radius 2 is 2.11 bits per heavy atom. The SMILES string of the molecule is CCOc1sc2nc(Cn3nc(Cl)cc3C(F)(F)F)cc(=O)n2c1C(N)=O. The molecule has 2 N–H and O–H groups in total. The number of fused-ring (bicyclic) bond motifs is 1. The number of thiazole rings is 1. The van der Waals surface area contributed by atoms with Gasteiger partial charge >= 0.3 is 6.18 Å². The predicted molar refractivity (Wildman–Crippen MR) is 90.4 cm³/mol. The second-order valence-electron chi connectivity index (χ2n) is 5.25. The molecule has 0 spiro atoms. The Morgan fingerprint density at radius 3 is 2.70 bits per heavy atom. The van der Waals surface area contributed by atoms with Gasteiger partial charge < -0.3 is 10.5 Å². The van der Waals surface area contributed by atoms with Gasteiger partial charge in [-0.05, 0) is 6.92 Å². The van der Waals surface area contributed by atoms with Crippen LogP contribution in [0.2, 0.25) is 5.15 Å². The van der Waals surface area contributed by atoms with E-state index in [1.165, 1.54) is 0 Å². The number of carbonyl (C=O) groups excluding carboxylic acids is 1. The molecule has 3 rings (SSSR count). The number of nitrogens with two attached hydrogens (primary N) is 1. The lowest BCUT2D eigenvalue weighted by atomic mass is 10.3. The summed E-state index contributed by atoms with van der Waals surface area (Å²) in [6.07, 6.45) is -4.68. The zero-order valence-corrected chi connectivity index (χ0v) is 15.2. The smallest absolute Gasteiger partial charge is 0.433 e. The maximum absolute atomic E-state index is 13.1. The molecule has 0 aliphatic rings. The molecule has 1 amide bonds. The highest BCUT2D eigenvalue weighted by Crippen LogP contribution is 2.32. The van der Waals surface area contributed by atoms with E-state index in [0.29, 0.717) is 10.7 Å². The van der Waals surface area contributed by atoms with Crippen LogP contribution < -0.4 is 16.0 Å². The quantitative estimate of drug-likeness (QED) is 0.679. The van der Waals surface area contributed by atoms with Crippen molar-refractivity contribution in [2.24, 2.45) is 5.73 Å². The van der Waals surface area contributed by atoms with E-state index in [4.69, 9.17) is 22.1 Å². The van der Waals surface area contributed by atoms with Crippen LogP contribution >= 0.6 is 22.9 Å². The van der Waals surface area contributed by atoms with Crippen LogP contribution in [0.5, 0.6) is 5.06 Å². The van der Waals surface area contributed by atoms with Gasteiger partial charge in [0.25, 0.3) is 11.5 Å². The Labute approximate surface area is 157 Å². The van der Waals surface area contributed by atoms with E-state index < -0.39 is 29.9 Å². The molecule has 3 aromatic rings. The number of amides is 1. The summed E-state index contributed by atoms with van der Waals surface area (Å²) in [6, 6.07) is 1.67. The number of hydrogen-bond acceptors (Lipinski definition) is 6. The summed E-state index contributed by atoms with van der Waals surface area (Å²) in [5.41, 5.74) is 3.38. The summed E-state index contributed by atoms with van der Waals surface area (Å²) in [4.78, 5) is 28.3. The first kappa shape index (κ1) is 19.2. The molecule has 0 fully saturated rings. The van der Waals surface area contributed by atoms with E-state index >= 15 is 0 Å². The van der Waals surface area contributed by atoms with E-state index in [-0.39, 0.29) is 33.2 Å². The topological polar surface area (TPSA) is 105 Å². The Balaban J connectivity index is 2.11. The second-order valence-corrected chi connectivity index (χ2v) is 6.57. The highest BCUT2D eigenvalue weighted by atomic mass is 35.5. The van der Waals surface area contributed by atoms with Crippen molar-refractivity contribution < 1.29 is 22.7 Å². The molecule has 3 heterocycles. The molecule has 0 radical (unpaired) electrons. The molecule has 0 aromatic carbocycles. The van der Waals surface area contributed by atoms with Crippen molar-refractivity contribution in [2.75, 3.05) is 6.61 Å². The first-order valence-corrected chi connectivity index (χ1v) is 8.60. The number of aromatic nitrogens is 4. The lowest BCUT2D eigenvalue weighted by Gasteiger charge is -2.09. The minimum absolute atomic E-state index is 0.00517. The first-order chi connectivity index (χ1) is 12.6. The van der Waals surface area contributed by atoms with Gasteiger partial charge in [0.1, 0.15) is 5.69 Å². The van der Waals surface area contributed by atoms with Gasteiger partial charge in [-0.1, -0.05) is 22.9 Å². The third-order valence-corrected chi connectivity index (χ3v) is 4.54. The van der Waals surface area contributed by atoms with Crippen LogP contribution in [0.25, 0.3) is 4.96 Å². The number of carbonyl (C=O) groups is 1. The normalized spacial score (nSPS) is 11.9. The second kappa shape index (κ2) is 6.85. The third-order valence-electron chi connectivity index (χ3n) is 3.40. The van der Waals surface area contributed by atoms with Crippen LogP contribution in [-0.4, -0.2) is 31.7 Å². The van der Waals surface area contributed by atoms with Gasteiger partial charge in [0, 0.05) is 12.1 Å². The molecule has 0 aliphatic carbocycles. The summed E-state index contributed by atoms with van der Waals surface area (Å²) < 4.78 is 46.0. The Morgan fingerprint density at radius 1 is 1.41 bits per heavy atom. The minimum Gasteiger partial charge on any atom is -0.482 e. The van der Waals surface area contributed by atoms with Crippen LogP contribution in [0.3, 0.4) is 0 Å². The summed E-state index contributed by atoms with van der Waals surface area (Å²) in [5.74, 6) is -0.889. The number of rotatable bonds is 5. The van der Waals surface area contributed by atoms with E-state index in [1.807, 2.05) is 0 Å². The summed E-state index contributed by atoms with van der Waals surface area (Å²) in [6.45, 7) is 1.45. The van der Waals surface area contributed by atoms with Crippen LogP contribution in [-0.2, 0) is 12.7 Å². The molecule has 0 unspecified atom stereocenters. The number of nitrogens with zero attached hydrogens (tertiary/aromatic N) is 4. The van der Waals surface area contributed by atoms with Crippen molar-refractivity contribution in [1.29, 1.82) is 0 Å². The lowest BCUT2D eigenvalue weighted by molar-refractivity contribution is -0.144. The average molecular weight is 422 g/mol. The maximum Gasteiger partial charge on any atom is 0.433 e. The minimum atomic E-state index is -4.68. The molecule has 13 heteroatoms. The maximum atomic E-state index is 13.1. The van der Waals surface area contributed by atoms with Gasteiger partial charge in [-0.3, -0.25) is 14.3 Å². The lowest BCUT2D eigenvalue weighted by Crippen LogP contribution is -2.24. The van der Waals surface area contributed by atoms with Gasteiger partial charge in [0.15, 0.2) is 10.8 Å². The third kappa shape index (κ3) is 3.62. The van der Waals surface area contributed by atoms with Crippen molar-refractivity contribution in [3.63, 3.8) is 0 Å². The summed E-state index contributed by atoms with van der Waals surface area (Å²) in [7, 11) is 0. The highest BCUT2D eigenvalue weighted by Gasteiger charge is 2.36. The number of alkyl halides is 3. The largest absolute Gasteiger partial charge is 0.482 e. The van der Waals surface area contributed by atoms with Gasteiger partial charge in [-0.15, -0.1) is 0 Å². The van der Waals surface area contributed by atoms with Crippen molar-refractivity contribution >= 4 is 33.8 Å². The summed E-state index contributed by atoms with van der Waals surface area (Å²) in [5, 5.41) is 3.34. The number of primary amides is 1. The van der Waals surface area contributed by atoms with Crippen molar-refractivity contribution in [3.8, 4) is 5.06 Å². The molecule has 8 nitrogen and oxygen atoms in total. The molecule has 0 aliphatic heterocycles. The number of hydrogen-bond donors (Lipinski definition) is 1. The standard InChI is InChI=1S/C14H11ClF3N5O3S/c1-2-26-12-10(11(19)25)23-9(24)3-6(20-13(23)27-12)5-22-7(14(16,17)18)4-8(15)21-22/h3-4H,2,5H2,1H3,(H2,19,25). The molecule has 0 atom stereocenters. The average Bonchev–Trinajstić information content (AvgIpc) is 3.08. The zero-order valence-electron chi connectivity index (χ0n) is 13.6. The highest BCUT2D eigenvalue weighted by molar-refractivity contribution is 7.19. The Hall–Kier alpha value is -2.60. The molecular formula is C14H11ClF3N5O3S. The van der Waals surface area contributed by atoms with Gasteiger partial charge in [0.05, 0.1) is 18.8 Å². The molecule has 27 heavy (non-hydrogen) atoms. The van der Waals surface area contributed by atoms with Gasteiger partial charge in [-0.2, -0.15) is 18.3 Å². The first-order valence-electron chi connectivity index (χ1n) is 7.40. The molecule has 0 saturated carbocycles. The van der Waals surface area contributed by atoms with Crippen molar-refractivity contribution in [1.82, 2.24) is 19.2 Å². The summed E-state index contributed by atoms with van der Waals surface area (Å²) >= 11 is 6.46. The van der Waals surface area contributed by atoms with E-state index in [9.17, 15) is 22.8 Å². The fourth-order valence-electron chi connectivity index (χ4n) is 2.41. The Kier molecular flexibility index (Phi) is 4.86. The van der Waals surface area contributed by atoms with Crippen molar-refractivity contribution in [3.05, 3.63) is 44.7 Å². The molecule has 144 valence electrons. The van der Waals surface area contributed by atoms with Crippen LogP contribution in [0.4, 0.5) is 13.2 Å². The van der Waals surface area contributed by atoms with Crippen molar-refractivity contribution in [2.45, 2.75) is 19.6 Å². The van der Waals surface area contributed by atoms with Crippen LogP contribution in [0, 0.1) is 0 Å². The Bertz CT molecular complexity index is 1090. The fourth-order valence-corrected chi connectivity index (χ4v) is 3.67. The van der Waals surface area contributed by atoms with E-state index in [2.05, 4.69) is 10.1 Å².